The molecule has 2 aromatic carbocycles. The second-order valence-corrected chi connectivity index (χ2v) is 13.3. The van der Waals surface area contributed by atoms with Crippen LogP contribution in [0, 0.1) is 11.8 Å². The number of benzene rings is 2. The smallest absolute Gasteiger partial charge is 0.248 e. The van der Waals surface area contributed by atoms with Gasteiger partial charge in [-0.2, -0.15) is 0 Å². The highest BCUT2D eigenvalue weighted by molar-refractivity contribution is 6.05. The molecule has 0 radical (unpaired) electrons. The van der Waals surface area contributed by atoms with E-state index in [9.17, 15) is 24.6 Å². The maximum Gasteiger partial charge on any atom is 0.248 e. The lowest BCUT2D eigenvalue weighted by Crippen LogP contribution is -2.57. The van der Waals surface area contributed by atoms with Crippen LogP contribution in [0.4, 0.5) is 0 Å². The Hall–Kier alpha value is -3.95. The molecule has 2 aliphatic rings. The molecule has 0 bridgehead atoms. The number of aromatic amines is 1. The average molecular weight is 629 g/mol. The summed E-state index contributed by atoms with van der Waals surface area (Å²) in [6.45, 7) is 5.10. The molecular formula is C37H48N4O5. The summed E-state index contributed by atoms with van der Waals surface area (Å²) in [6.07, 6.45) is 7.76. The number of rotatable bonds is 13. The zero-order chi connectivity index (χ0) is 32.8. The van der Waals surface area contributed by atoms with E-state index in [2.05, 4.69) is 20.9 Å². The fourth-order valence-corrected chi connectivity index (χ4v) is 7.01. The number of amides is 3. The maximum absolute atomic E-state index is 14.0. The Morgan fingerprint density at radius 1 is 0.935 bits per heavy atom. The molecule has 0 saturated heterocycles. The fraction of sp³-hybridized carbons (Fsp3) is 0.486. The molecular weight excluding hydrogens is 580 g/mol. The lowest BCUT2D eigenvalue weighted by molar-refractivity contribution is -0.132. The van der Waals surface area contributed by atoms with Gasteiger partial charge in [-0.1, -0.05) is 81.5 Å². The summed E-state index contributed by atoms with van der Waals surface area (Å²) < 4.78 is 0. The molecule has 0 spiro atoms. The van der Waals surface area contributed by atoms with E-state index in [0.29, 0.717) is 24.3 Å². The third-order valence-electron chi connectivity index (χ3n) is 9.91. The average Bonchev–Trinajstić information content (AvgIpc) is 3.64. The van der Waals surface area contributed by atoms with Gasteiger partial charge >= 0.3 is 0 Å². The van der Waals surface area contributed by atoms with Gasteiger partial charge in [0.2, 0.25) is 17.7 Å². The highest BCUT2D eigenvalue weighted by Crippen LogP contribution is 2.32. The Balaban J connectivity index is 1.33. The van der Waals surface area contributed by atoms with Gasteiger partial charge < -0.3 is 31.1 Å². The van der Waals surface area contributed by atoms with Gasteiger partial charge in [0.1, 0.15) is 12.1 Å². The molecule has 9 nitrogen and oxygen atoms in total. The van der Waals surface area contributed by atoms with Gasteiger partial charge in [-0.3, -0.25) is 14.4 Å². The van der Waals surface area contributed by atoms with Crippen molar-refractivity contribution >= 4 is 34.2 Å². The molecule has 3 amide bonds. The minimum Gasteiger partial charge on any atom is -0.396 e. The molecule has 1 heterocycles. The van der Waals surface area contributed by atoms with Crippen molar-refractivity contribution in [3.05, 3.63) is 77.0 Å². The van der Waals surface area contributed by atoms with Crippen molar-refractivity contribution in [2.24, 2.45) is 11.8 Å². The van der Waals surface area contributed by atoms with E-state index in [0.717, 1.165) is 58.8 Å². The highest BCUT2D eigenvalue weighted by atomic mass is 16.3. The van der Waals surface area contributed by atoms with Crippen LogP contribution in [-0.2, 0) is 27.2 Å². The summed E-state index contributed by atoms with van der Waals surface area (Å²) in [5.74, 6) is -1.24. The van der Waals surface area contributed by atoms with E-state index in [1.807, 2.05) is 61.7 Å². The van der Waals surface area contributed by atoms with Gasteiger partial charge in [0.05, 0.1) is 12.1 Å². The number of aliphatic hydroxyl groups excluding tert-OH is 2. The standard InChI is InChI=1S/C37H48N4O5/c1-22(21-42)34(43)32(17-25-11-5-4-6-12-25)40-37(46)33(19-27-20-38-31-16-10-9-15-29(27)31)41-35(44)24(3)39-36(45)30-18-26-13-7-8-14-28(26)23(30)2/h7-10,13-16,20,22,24-25,32-34,38,42-43H,4-6,11-12,17-19,21H2,1-3H3,(H,39,45)(H,40,46)(H,41,44)/t22-,24-,32+,33+,34+/m1/s1. The minimum absolute atomic E-state index is 0.202. The first-order valence-corrected chi connectivity index (χ1v) is 16.7. The normalized spacial score (nSPS) is 18.4. The Bertz CT molecular complexity index is 1570. The summed E-state index contributed by atoms with van der Waals surface area (Å²) >= 11 is 0. The number of aliphatic hydroxyl groups is 2. The van der Waals surface area contributed by atoms with Gasteiger partial charge in [0.15, 0.2) is 0 Å². The molecule has 1 fully saturated rings. The van der Waals surface area contributed by atoms with Gasteiger partial charge in [0.25, 0.3) is 0 Å². The first-order valence-electron chi connectivity index (χ1n) is 16.7. The first kappa shape index (κ1) is 33.4. The number of nitrogens with one attached hydrogen (secondary N) is 4. The van der Waals surface area contributed by atoms with Crippen molar-refractivity contribution in [3.8, 4) is 0 Å². The number of H-pyrrole nitrogens is 1. The molecule has 9 heteroatoms. The van der Waals surface area contributed by atoms with Crippen LogP contribution in [0.3, 0.4) is 0 Å². The van der Waals surface area contributed by atoms with Crippen molar-refractivity contribution in [1.82, 2.24) is 20.9 Å². The van der Waals surface area contributed by atoms with Crippen molar-refractivity contribution in [3.63, 3.8) is 0 Å². The van der Waals surface area contributed by atoms with E-state index >= 15 is 0 Å². The molecule has 5 rings (SSSR count). The molecule has 0 unspecified atom stereocenters. The van der Waals surface area contributed by atoms with E-state index in [4.69, 9.17) is 0 Å². The number of carbonyl (C=O) groups excluding carboxylic acids is 3. The van der Waals surface area contributed by atoms with Crippen molar-refractivity contribution in [1.29, 1.82) is 0 Å². The lowest BCUT2D eigenvalue weighted by Gasteiger charge is -2.33. The highest BCUT2D eigenvalue weighted by Gasteiger charge is 2.33. The van der Waals surface area contributed by atoms with Crippen LogP contribution < -0.4 is 16.0 Å². The van der Waals surface area contributed by atoms with Gasteiger partial charge in [-0.05, 0) is 54.5 Å². The summed E-state index contributed by atoms with van der Waals surface area (Å²) in [5.41, 5.74) is 5.44. The molecule has 0 aliphatic heterocycles. The Labute approximate surface area is 271 Å². The quantitative estimate of drug-likeness (QED) is 0.168. The van der Waals surface area contributed by atoms with Crippen LogP contribution >= 0.6 is 0 Å². The molecule has 5 atom stereocenters. The van der Waals surface area contributed by atoms with Crippen LogP contribution in [0.15, 0.2) is 60.3 Å². The molecule has 2 aliphatic carbocycles. The van der Waals surface area contributed by atoms with Crippen LogP contribution in [0.1, 0.15) is 76.0 Å². The molecule has 246 valence electrons. The first-order chi connectivity index (χ1) is 22.2. The third-order valence-corrected chi connectivity index (χ3v) is 9.91. The zero-order valence-corrected chi connectivity index (χ0v) is 27.1. The number of carbonyl (C=O) groups is 3. The lowest BCUT2D eigenvalue weighted by atomic mass is 9.82. The molecule has 3 aromatic rings. The SMILES string of the molecule is CC1=C(C(=O)N[C@H](C)C(=O)N[C@@H](Cc2c[nH]c3ccccc23)C(=O)N[C@@H](CC2CCCCC2)[C@@H](O)[C@H](C)CO)Cc2ccccc21. The Morgan fingerprint density at radius 3 is 2.39 bits per heavy atom. The molecule has 46 heavy (non-hydrogen) atoms. The largest absolute Gasteiger partial charge is 0.396 e. The second kappa shape index (κ2) is 15.1. The fourth-order valence-electron chi connectivity index (χ4n) is 7.01. The summed E-state index contributed by atoms with van der Waals surface area (Å²) in [7, 11) is 0. The molecule has 1 saturated carbocycles. The van der Waals surface area contributed by atoms with Crippen LogP contribution in [-0.4, -0.2) is 63.8 Å². The monoisotopic (exact) mass is 628 g/mol. The van der Waals surface area contributed by atoms with E-state index in [-0.39, 0.29) is 18.9 Å². The van der Waals surface area contributed by atoms with Crippen molar-refractivity contribution in [2.45, 2.75) is 96.4 Å². The van der Waals surface area contributed by atoms with E-state index < -0.39 is 42.0 Å². The minimum atomic E-state index is -0.965. The van der Waals surface area contributed by atoms with E-state index in [1.165, 1.54) is 6.42 Å². The van der Waals surface area contributed by atoms with Gasteiger partial charge in [0, 0.05) is 48.0 Å². The third kappa shape index (κ3) is 7.70. The number of hydrogen-bond donors (Lipinski definition) is 6. The maximum atomic E-state index is 14.0. The molecule has 6 N–H and O–H groups in total. The van der Waals surface area contributed by atoms with Gasteiger partial charge in [-0.25, -0.2) is 0 Å². The van der Waals surface area contributed by atoms with Crippen LogP contribution in [0.2, 0.25) is 0 Å². The van der Waals surface area contributed by atoms with Crippen LogP contribution in [0.25, 0.3) is 16.5 Å². The van der Waals surface area contributed by atoms with E-state index in [1.54, 1.807) is 13.8 Å². The summed E-state index contributed by atoms with van der Waals surface area (Å²) in [5, 5.41) is 30.7. The Kier molecular flexibility index (Phi) is 11.0. The molecule has 1 aromatic heterocycles. The number of hydrogen-bond acceptors (Lipinski definition) is 5. The number of fused-ring (bicyclic) bond motifs is 2. The predicted octanol–water partition coefficient (Wildman–Crippen LogP) is 4.17. The second-order valence-electron chi connectivity index (χ2n) is 13.3. The topological polar surface area (TPSA) is 144 Å². The number of para-hydroxylation sites is 1. The number of allylic oxidation sites excluding steroid dienone is 1. The van der Waals surface area contributed by atoms with Crippen molar-refractivity contribution < 1.29 is 24.6 Å². The van der Waals surface area contributed by atoms with Crippen LogP contribution in [0.5, 0.6) is 0 Å². The Morgan fingerprint density at radius 2 is 1.65 bits per heavy atom. The van der Waals surface area contributed by atoms with Gasteiger partial charge in [-0.15, -0.1) is 0 Å². The number of aromatic nitrogens is 1. The predicted molar refractivity (Wildman–Crippen MR) is 180 cm³/mol. The van der Waals surface area contributed by atoms with Crippen molar-refractivity contribution in [2.75, 3.05) is 6.61 Å². The summed E-state index contributed by atoms with van der Waals surface area (Å²) in [6, 6.07) is 13.2. The summed E-state index contributed by atoms with van der Waals surface area (Å²) in [4.78, 5) is 44.1. The zero-order valence-electron chi connectivity index (χ0n) is 27.1.